The van der Waals surface area contributed by atoms with Crippen molar-refractivity contribution < 1.29 is 4.74 Å². The Morgan fingerprint density at radius 3 is 2.33 bits per heavy atom. The van der Waals surface area contributed by atoms with Gasteiger partial charge in [-0.1, -0.05) is 60.7 Å². The minimum atomic E-state index is 0.624. The molecule has 24 heavy (non-hydrogen) atoms. The number of hydrogen-bond acceptors (Lipinski definition) is 2. The number of aliphatic imine (C=N–C) groups is 1. The standard InChI is InChI=1S/C22H21NO/c1-2-7-16-23-21(10-6-1)15-17-24-22-13-11-20(12-14-22)18-19-8-4-3-5-9-19/h1-14,16H,15,17-18H2/b2-1?,6-1?,7-2?,10-6-,16-7?,21-10?,23-16?,23-21?. The highest BCUT2D eigenvalue weighted by atomic mass is 16.5. The molecular weight excluding hydrogens is 294 g/mol. The van der Waals surface area contributed by atoms with Gasteiger partial charge < -0.3 is 4.74 Å². The molecule has 0 unspecified atom stereocenters. The highest BCUT2D eigenvalue weighted by Gasteiger charge is 1.99. The van der Waals surface area contributed by atoms with Gasteiger partial charge in [0.25, 0.3) is 0 Å². The second kappa shape index (κ2) is 8.68. The van der Waals surface area contributed by atoms with Crippen LogP contribution in [0.4, 0.5) is 0 Å². The van der Waals surface area contributed by atoms with Crippen LogP contribution in [0.1, 0.15) is 17.5 Å². The second-order valence-corrected chi connectivity index (χ2v) is 5.61. The average molecular weight is 315 g/mol. The molecule has 2 aromatic rings. The Labute approximate surface area is 143 Å². The summed E-state index contributed by atoms with van der Waals surface area (Å²) in [5, 5.41) is 0. The maximum atomic E-state index is 5.83. The summed E-state index contributed by atoms with van der Waals surface area (Å²) in [5.41, 5.74) is 3.64. The average Bonchev–Trinajstić information content (AvgIpc) is 2.59. The molecule has 2 heteroatoms. The predicted molar refractivity (Wildman–Crippen MR) is 101 cm³/mol. The van der Waals surface area contributed by atoms with Gasteiger partial charge in [0.1, 0.15) is 5.75 Å². The van der Waals surface area contributed by atoms with Crippen molar-refractivity contribution in [2.45, 2.75) is 12.8 Å². The van der Waals surface area contributed by atoms with Gasteiger partial charge in [-0.25, -0.2) is 0 Å². The first kappa shape index (κ1) is 16.0. The normalized spacial score (nSPS) is 14.6. The number of ether oxygens (including phenoxy) is 1. The maximum absolute atomic E-state index is 5.83. The van der Waals surface area contributed by atoms with Gasteiger partial charge >= 0.3 is 0 Å². The van der Waals surface area contributed by atoms with Gasteiger partial charge in [-0.2, -0.15) is 0 Å². The number of allylic oxidation sites excluding steroid dienone is 5. The fourth-order valence-electron chi connectivity index (χ4n) is 2.48. The molecule has 0 bridgehead atoms. The molecule has 0 spiro atoms. The van der Waals surface area contributed by atoms with Crippen LogP contribution in [0.3, 0.4) is 0 Å². The molecule has 1 aliphatic rings. The summed E-state index contributed by atoms with van der Waals surface area (Å²) in [7, 11) is 0. The maximum Gasteiger partial charge on any atom is 0.119 e. The van der Waals surface area contributed by atoms with Crippen LogP contribution in [0, 0.1) is 0 Å². The van der Waals surface area contributed by atoms with Gasteiger partial charge in [0, 0.05) is 18.3 Å². The molecule has 0 atom stereocenters. The van der Waals surface area contributed by atoms with Gasteiger partial charge in [0.15, 0.2) is 0 Å². The molecule has 0 fully saturated rings. The minimum Gasteiger partial charge on any atom is -0.493 e. The molecule has 0 N–H and O–H groups in total. The van der Waals surface area contributed by atoms with Crippen LogP contribution in [-0.4, -0.2) is 12.3 Å². The third-order valence-electron chi connectivity index (χ3n) is 3.75. The zero-order chi connectivity index (χ0) is 16.5. The summed E-state index contributed by atoms with van der Waals surface area (Å²) >= 11 is 0. The first-order chi connectivity index (χ1) is 11.9. The summed E-state index contributed by atoms with van der Waals surface area (Å²) in [4.78, 5) is 4.39. The van der Waals surface area contributed by atoms with Crippen LogP contribution in [0.15, 0.2) is 96.2 Å². The zero-order valence-electron chi connectivity index (χ0n) is 13.6. The van der Waals surface area contributed by atoms with Crippen LogP contribution in [0.2, 0.25) is 0 Å². The van der Waals surface area contributed by atoms with Crippen molar-refractivity contribution in [1.82, 2.24) is 0 Å². The van der Waals surface area contributed by atoms with E-state index in [1.807, 2.05) is 54.8 Å². The fourth-order valence-corrected chi connectivity index (χ4v) is 2.48. The smallest absolute Gasteiger partial charge is 0.119 e. The Morgan fingerprint density at radius 1 is 0.750 bits per heavy atom. The molecule has 0 amide bonds. The lowest BCUT2D eigenvalue weighted by atomic mass is 10.1. The topological polar surface area (TPSA) is 21.6 Å². The largest absolute Gasteiger partial charge is 0.493 e. The van der Waals surface area contributed by atoms with Crippen LogP contribution >= 0.6 is 0 Å². The number of nitrogens with zero attached hydrogens (tertiary/aromatic N) is 1. The number of rotatable bonds is 6. The van der Waals surface area contributed by atoms with Gasteiger partial charge in [0.2, 0.25) is 0 Å². The van der Waals surface area contributed by atoms with E-state index in [4.69, 9.17) is 4.74 Å². The van der Waals surface area contributed by atoms with Gasteiger partial charge in [-0.05, 0) is 41.8 Å². The Kier molecular flexibility index (Phi) is 5.79. The van der Waals surface area contributed by atoms with Crippen molar-refractivity contribution in [2.75, 3.05) is 6.61 Å². The molecule has 2 nitrogen and oxygen atoms in total. The van der Waals surface area contributed by atoms with Gasteiger partial charge in [0.05, 0.1) is 6.61 Å². The number of hydrogen-bond donors (Lipinski definition) is 0. The molecule has 1 heterocycles. The van der Waals surface area contributed by atoms with Gasteiger partial charge in [-0.15, -0.1) is 0 Å². The van der Waals surface area contributed by atoms with E-state index in [1.165, 1.54) is 11.1 Å². The first-order valence-electron chi connectivity index (χ1n) is 8.22. The van der Waals surface area contributed by atoms with Crippen LogP contribution in [0.5, 0.6) is 5.75 Å². The molecule has 120 valence electrons. The molecule has 0 saturated heterocycles. The molecule has 0 radical (unpaired) electrons. The monoisotopic (exact) mass is 315 g/mol. The van der Waals surface area contributed by atoms with Crippen LogP contribution in [0.25, 0.3) is 0 Å². The lowest BCUT2D eigenvalue weighted by Gasteiger charge is -2.08. The predicted octanol–water partition coefficient (Wildman–Crippen LogP) is 5.13. The van der Waals surface area contributed by atoms with E-state index in [-0.39, 0.29) is 0 Å². The van der Waals surface area contributed by atoms with E-state index in [0.717, 1.165) is 24.3 Å². The lowest BCUT2D eigenvalue weighted by molar-refractivity contribution is 0.329. The Balaban J connectivity index is 1.49. The highest BCUT2D eigenvalue weighted by molar-refractivity contribution is 5.95. The summed E-state index contributed by atoms with van der Waals surface area (Å²) < 4.78 is 5.83. The van der Waals surface area contributed by atoms with Crippen LogP contribution in [-0.2, 0) is 6.42 Å². The third kappa shape index (κ3) is 5.10. The molecule has 0 aliphatic carbocycles. The Bertz CT molecular complexity index is 752. The summed E-state index contributed by atoms with van der Waals surface area (Å²) in [6.07, 6.45) is 13.5. The van der Waals surface area contributed by atoms with Crippen molar-refractivity contribution >= 4 is 5.71 Å². The van der Waals surface area contributed by atoms with E-state index in [9.17, 15) is 0 Å². The summed E-state index contributed by atoms with van der Waals surface area (Å²) in [5.74, 6) is 0.901. The molecule has 3 rings (SSSR count). The first-order valence-corrected chi connectivity index (χ1v) is 8.22. The van der Waals surface area contributed by atoms with Crippen molar-refractivity contribution in [3.8, 4) is 5.75 Å². The van der Waals surface area contributed by atoms with Crippen molar-refractivity contribution in [1.29, 1.82) is 0 Å². The van der Waals surface area contributed by atoms with Crippen molar-refractivity contribution in [3.63, 3.8) is 0 Å². The SMILES string of the molecule is C1=C/C=C\C(CCOc2ccc(Cc3ccccc3)cc2)=NC=C1. The van der Waals surface area contributed by atoms with E-state index >= 15 is 0 Å². The fraction of sp³-hybridized carbons (Fsp3) is 0.136. The zero-order valence-corrected chi connectivity index (χ0v) is 13.6. The van der Waals surface area contributed by atoms with Crippen molar-refractivity contribution in [3.05, 3.63) is 102 Å². The Hall–Kier alpha value is -2.87. The Morgan fingerprint density at radius 2 is 1.50 bits per heavy atom. The van der Waals surface area contributed by atoms with Gasteiger partial charge in [-0.3, -0.25) is 4.99 Å². The second-order valence-electron chi connectivity index (χ2n) is 5.61. The van der Waals surface area contributed by atoms with E-state index in [0.29, 0.717) is 6.61 Å². The molecular formula is C22H21NO. The summed E-state index contributed by atoms with van der Waals surface area (Å²) in [6.45, 7) is 0.624. The molecule has 2 aromatic carbocycles. The quantitative estimate of drug-likeness (QED) is 0.724. The van der Waals surface area contributed by atoms with Crippen molar-refractivity contribution in [2.24, 2.45) is 4.99 Å². The lowest BCUT2D eigenvalue weighted by Crippen LogP contribution is -2.04. The number of benzene rings is 2. The van der Waals surface area contributed by atoms with Crippen LogP contribution < -0.4 is 4.74 Å². The van der Waals surface area contributed by atoms with E-state index < -0.39 is 0 Å². The minimum absolute atomic E-state index is 0.624. The molecule has 0 aromatic heterocycles. The third-order valence-corrected chi connectivity index (χ3v) is 3.75. The molecule has 1 aliphatic heterocycles. The summed E-state index contributed by atoms with van der Waals surface area (Å²) in [6, 6.07) is 18.8. The molecule has 0 saturated carbocycles. The highest BCUT2D eigenvalue weighted by Crippen LogP contribution is 2.15. The van der Waals surface area contributed by atoms with E-state index in [2.05, 4.69) is 41.4 Å². The van der Waals surface area contributed by atoms with E-state index in [1.54, 1.807) is 0 Å².